The molecule has 1 aromatic rings. The number of benzene rings is 1. The number of carbonyl (C=O) groups excluding carboxylic acids is 1. The van der Waals surface area contributed by atoms with Gasteiger partial charge in [0.1, 0.15) is 0 Å². The van der Waals surface area contributed by atoms with Crippen LogP contribution in [0.25, 0.3) is 6.08 Å². The van der Waals surface area contributed by atoms with Crippen LogP contribution in [-0.2, 0) is 16.0 Å². The van der Waals surface area contributed by atoms with E-state index in [0.29, 0.717) is 6.42 Å². The van der Waals surface area contributed by atoms with E-state index >= 15 is 0 Å². The van der Waals surface area contributed by atoms with Crippen molar-refractivity contribution in [1.82, 2.24) is 5.32 Å². The van der Waals surface area contributed by atoms with E-state index in [1.165, 1.54) is 0 Å². The zero-order chi connectivity index (χ0) is 12.8. The first-order valence-corrected chi connectivity index (χ1v) is 6.36. The second kappa shape index (κ2) is 6.36. The molecule has 0 aliphatic carbocycles. The Kier molecular flexibility index (Phi) is 4.53. The van der Waals surface area contributed by atoms with Crippen LogP contribution in [0.5, 0.6) is 0 Å². The van der Waals surface area contributed by atoms with Crippen molar-refractivity contribution in [3.63, 3.8) is 0 Å². The average molecular weight is 245 g/mol. The van der Waals surface area contributed by atoms with Crippen LogP contribution >= 0.6 is 0 Å². The Morgan fingerprint density at radius 2 is 2.00 bits per heavy atom. The van der Waals surface area contributed by atoms with Gasteiger partial charge < -0.3 is 10.1 Å². The van der Waals surface area contributed by atoms with Crippen LogP contribution in [0.15, 0.2) is 30.8 Å². The molecule has 2 rings (SSSR count). The summed E-state index contributed by atoms with van der Waals surface area (Å²) in [7, 11) is 0. The molecule has 18 heavy (non-hydrogen) atoms. The molecular formula is C15H19NO2. The molecule has 3 nitrogen and oxygen atoms in total. The van der Waals surface area contributed by atoms with Crippen molar-refractivity contribution in [2.24, 2.45) is 0 Å². The molecule has 96 valence electrons. The van der Waals surface area contributed by atoms with Crippen LogP contribution in [-0.4, -0.2) is 25.2 Å². The fourth-order valence-corrected chi connectivity index (χ4v) is 2.08. The summed E-state index contributed by atoms with van der Waals surface area (Å²) >= 11 is 0. The number of amides is 1. The van der Waals surface area contributed by atoms with Gasteiger partial charge in [-0.05, 0) is 24.0 Å². The molecule has 0 saturated carbocycles. The zero-order valence-electron chi connectivity index (χ0n) is 10.5. The number of hydrogen-bond donors (Lipinski definition) is 1. The van der Waals surface area contributed by atoms with Gasteiger partial charge in [0.15, 0.2) is 0 Å². The van der Waals surface area contributed by atoms with E-state index in [0.717, 1.165) is 37.2 Å². The van der Waals surface area contributed by atoms with Gasteiger partial charge in [-0.2, -0.15) is 0 Å². The Balaban J connectivity index is 1.83. The summed E-state index contributed by atoms with van der Waals surface area (Å²) in [5.41, 5.74) is 2.11. The lowest BCUT2D eigenvalue weighted by Crippen LogP contribution is -2.39. The van der Waals surface area contributed by atoms with E-state index in [9.17, 15) is 4.79 Å². The lowest BCUT2D eigenvalue weighted by atomic mass is 10.1. The van der Waals surface area contributed by atoms with Crippen LogP contribution in [0.4, 0.5) is 0 Å². The van der Waals surface area contributed by atoms with Crippen molar-refractivity contribution >= 4 is 12.0 Å². The van der Waals surface area contributed by atoms with Crippen molar-refractivity contribution < 1.29 is 9.53 Å². The fourth-order valence-electron chi connectivity index (χ4n) is 2.08. The standard InChI is InChI=1S/C15H19NO2/c1-2-12-3-5-13(6-4-12)11-15(17)16-14-7-9-18-10-8-14/h2-6,14H,1,7-11H2,(H,16,17). The first-order chi connectivity index (χ1) is 8.78. The first-order valence-electron chi connectivity index (χ1n) is 6.36. The van der Waals surface area contributed by atoms with Crippen molar-refractivity contribution in [1.29, 1.82) is 0 Å². The lowest BCUT2D eigenvalue weighted by Gasteiger charge is -2.23. The highest BCUT2D eigenvalue weighted by Gasteiger charge is 2.15. The molecule has 1 saturated heterocycles. The third kappa shape index (κ3) is 3.70. The third-order valence-electron chi connectivity index (χ3n) is 3.17. The fraction of sp³-hybridized carbons (Fsp3) is 0.400. The van der Waals surface area contributed by atoms with Gasteiger partial charge in [0.25, 0.3) is 0 Å². The lowest BCUT2D eigenvalue weighted by molar-refractivity contribution is -0.121. The quantitative estimate of drug-likeness (QED) is 0.883. The van der Waals surface area contributed by atoms with Crippen molar-refractivity contribution in [3.8, 4) is 0 Å². The predicted octanol–water partition coefficient (Wildman–Crippen LogP) is 2.17. The molecule has 0 spiro atoms. The second-order valence-electron chi connectivity index (χ2n) is 4.58. The summed E-state index contributed by atoms with van der Waals surface area (Å²) in [4.78, 5) is 11.9. The summed E-state index contributed by atoms with van der Waals surface area (Å²) in [6.45, 7) is 5.21. The van der Waals surface area contributed by atoms with Gasteiger partial charge in [-0.3, -0.25) is 4.79 Å². The molecular weight excluding hydrogens is 226 g/mol. The summed E-state index contributed by atoms with van der Waals surface area (Å²) < 4.78 is 5.26. The topological polar surface area (TPSA) is 38.3 Å². The second-order valence-corrected chi connectivity index (χ2v) is 4.58. The van der Waals surface area contributed by atoms with E-state index in [1.807, 2.05) is 24.3 Å². The predicted molar refractivity (Wildman–Crippen MR) is 72.2 cm³/mol. The maximum Gasteiger partial charge on any atom is 0.224 e. The van der Waals surface area contributed by atoms with Crippen LogP contribution in [0, 0.1) is 0 Å². The van der Waals surface area contributed by atoms with E-state index in [2.05, 4.69) is 11.9 Å². The summed E-state index contributed by atoms with van der Waals surface area (Å²) in [5.74, 6) is 0.0910. The highest BCUT2D eigenvalue weighted by atomic mass is 16.5. The molecule has 0 atom stereocenters. The molecule has 1 aliphatic rings. The normalized spacial score (nSPS) is 16.2. The van der Waals surface area contributed by atoms with Crippen molar-refractivity contribution in [2.45, 2.75) is 25.3 Å². The van der Waals surface area contributed by atoms with Crippen molar-refractivity contribution in [2.75, 3.05) is 13.2 Å². The Hall–Kier alpha value is -1.61. The minimum atomic E-state index is 0.0910. The van der Waals surface area contributed by atoms with Crippen LogP contribution in [0.1, 0.15) is 24.0 Å². The monoisotopic (exact) mass is 245 g/mol. The average Bonchev–Trinajstić information content (AvgIpc) is 2.40. The smallest absolute Gasteiger partial charge is 0.224 e. The van der Waals surface area contributed by atoms with E-state index in [4.69, 9.17) is 4.74 Å². The SMILES string of the molecule is C=Cc1ccc(CC(=O)NC2CCOCC2)cc1. The Morgan fingerprint density at radius 1 is 1.33 bits per heavy atom. The van der Waals surface area contributed by atoms with Gasteiger partial charge in [0.05, 0.1) is 6.42 Å². The van der Waals surface area contributed by atoms with Gasteiger partial charge in [0, 0.05) is 19.3 Å². The number of nitrogens with one attached hydrogen (secondary N) is 1. The molecule has 1 amide bonds. The molecule has 1 fully saturated rings. The molecule has 1 aliphatic heterocycles. The minimum absolute atomic E-state index is 0.0910. The van der Waals surface area contributed by atoms with E-state index in [-0.39, 0.29) is 11.9 Å². The highest BCUT2D eigenvalue weighted by Crippen LogP contribution is 2.08. The summed E-state index contributed by atoms with van der Waals surface area (Å²) in [5, 5.41) is 3.06. The molecule has 0 aromatic heterocycles. The van der Waals surface area contributed by atoms with Crippen LogP contribution in [0.2, 0.25) is 0 Å². The molecule has 0 unspecified atom stereocenters. The van der Waals surface area contributed by atoms with Crippen molar-refractivity contribution in [3.05, 3.63) is 42.0 Å². The Morgan fingerprint density at radius 3 is 2.61 bits per heavy atom. The molecule has 1 heterocycles. The van der Waals surface area contributed by atoms with E-state index in [1.54, 1.807) is 6.08 Å². The van der Waals surface area contributed by atoms with Crippen LogP contribution < -0.4 is 5.32 Å². The molecule has 0 bridgehead atoms. The summed E-state index contributed by atoms with van der Waals surface area (Å²) in [6, 6.07) is 8.17. The Labute approximate surface area is 108 Å². The molecule has 1 N–H and O–H groups in total. The molecule has 0 radical (unpaired) electrons. The minimum Gasteiger partial charge on any atom is -0.381 e. The van der Waals surface area contributed by atoms with Crippen LogP contribution in [0.3, 0.4) is 0 Å². The third-order valence-corrected chi connectivity index (χ3v) is 3.17. The zero-order valence-corrected chi connectivity index (χ0v) is 10.5. The van der Waals surface area contributed by atoms with E-state index < -0.39 is 0 Å². The highest BCUT2D eigenvalue weighted by molar-refractivity contribution is 5.78. The van der Waals surface area contributed by atoms with Gasteiger partial charge in [0.2, 0.25) is 5.91 Å². The number of hydrogen-bond acceptors (Lipinski definition) is 2. The number of carbonyl (C=O) groups is 1. The van der Waals surface area contributed by atoms with Gasteiger partial charge in [-0.25, -0.2) is 0 Å². The van der Waals surface area contributed by atoms with Gasteiger partial charge in [-0.15, -0.1) is 0 Å². The molecule has 1 aromatic carbocycles. The number of rotatable bonds is 4. The van der Waals surface area contributed by atoms with Gasteiger partial charge >= 0.3 is 0 Å². The first kappa shape index (κ1) is 12.8. The molecule has 3 heteroatoms. The summed E-state index contributed by atoms with van der Waals surface area (Å²) in [6.07, 6.45) is 4.07. The Bertz CT molecular complexity index is 405. The number of ether oxygens (including phenoxy) is 1. The maximum absolute atomic E-state index is 11.9. The maximum atomic E-state index is 11.9. The largest absolute Gasteiger partial charge is 0.381 e. The van der Waals surface area contributed by atoms with Gasteiger partial charge in [-0.1, -0.05) is 36.9 Å².